The lowest BCUT2D eigenvalue weighted by atomic mass is 10.2. The van der Waals surface area contributed by atoms with E-state index in [1.54, 1.807) is 12.1 Å². The number of nitrogens with zero attached hydrogens (tertiary/aromatic N) is 2. The van der Waals surface area contributed by atoms with Gasteiger partial charge in [0.15, 0.2) is 0 Å². The summed E-state index contributed by atoms with van der Waals surface area (Å²) in [7, 11) is 2.01. The Bertz CT molecular complexity index is 735. The van der Waals surface area contributed by atoms with Crippen LogP contribution in [0, 0.1) is 10.1 Å². The first-order valence-corrected chi connectivity index (χ1v) is 9.00. The highest BCUT2D eigenvalue weighted by Gasteiger charge is 2.11. The number of nitro groups is 1. The molecule has 27 heavy (non-hydrogen) atoms. The Morgan fingerprint density at radius 3 is 2.44 bits per heavy atom. The Hall–Kier alpha value is -3.09. The smallest absolute Gasteiger partial charge is 0.269 e. The molecular formula is C20H26N4O3. The molecular weight excluding hydrogens is 344 g/mol. The summed E-state index contributed by atoms with van der Waals surface area (Å²) in [6.45, 7) is 3.29. The molecule has 0 aromatic heterocycles. The molecule has 0 saturated heterocycles. The molecule has 0 spiro atoms. The van der Waals surface area contributed by atoms with Crippen LogP contribution in [-0.4, -0.2) is 37.0 Å². The van der Waals surface area contributed by atoms with Gasteiger partial charge in [0.2, 0.25) is 5.91 Å². The number of carbonyl (C=O) groups excluding carboxylic acids is 1. The summed E-state index contributed by atoms with van der Waals surface area (Å²) < 4.78 is 0. The van der Waals surface area contributed by atoms with Gasteiger partial charge in [-0.1, -0.05) is 18.2 Å². The van der Waals surface area contributed by atoms with Crippen molar-refractivity contribution < 1.29 is 9.72 Å². The highest BCUT2D eigenvalue weighted by molar-refractivity contribution is 5.76. The second-order valence-corrected chi connectivity index (χ2v) is 6.43. The van der Waals surface area contributed by atoms with Crippen LogP contribution in [0.4, 0.5) is 17.1 Å². The summed E-state index contributed by atoms with van der Waals surface area (Å²) in [6, 6.07) is 16.5. The van der Waals surface area contributed by atoms with Gasteiger partial charge in [-0.25, -0.2) is 0 Å². The van der Waals surface area contributed by atoms with Gasteiger partial charge >= 0.3 is 0 Å². The Morgan fingerprint density at radius 1 is 1.15 bits per heavy atom. The van der Waals surface area contributed by atoms with Crippen LogP contribution in [0.15, 0.2) is 54.6 Å². The fourth-order valence-corrected chi connectivity index (χ4v) is 2.59. The van der Waals surface area contributed by atoms with Gasteiger partial charge in [0, 0.05) is 56.1 Å². The van der Waals surface area contributed by atoms with E-state index < -0.39 is 4.92 Å². The van der Waals surface area contributed by atoms with Crippen molar-refractivity contribution in [3.05, 3.63) is 64.7 Å². The summed E-state index contributed by atoms with van der Waals surface area (Å²) in [4.78, 5) is 24.3. The van der Waals surface area contributed by atoms with Gasteiger partial charge in [-0.05, 0) is 37.6 Å². The highest BCUT2D eigenvalue weighted by atomic mass is 16.6. The van der Waals surface area contributed by atoms with E-state index in [4.69, 9.17) is 0 Å². The van der Waals surface area contributed by atoms with Crippen molar-refractivity contribution in [1.29, 1.82) is 0 Å². The van der Waals surface area contributed by atoms with Gasteiger partial charge in [0.05, 0.1) is 4.92 Å². The fourth-order valence-electron chi connectivity index (χ4n) is 2.59. The van der Waals surface area contributed by atoms with Crippen LogP contribution >= 0.6 is 0 Å². The molecule has 7 heteroatoms. The summed E-state index contributed by atoms with van der Waals surface area (Å²) in [5.74, 6) is 0.0220. The molecule has 7 nitrogen and oxygen atoms in total. The van der Waals surface area contributed by atoms with Crippen LogP contribution in [0.2, 0.25) is 0 Å². The Balaban J connectivity index is 1.64. The largest absolute Gasteiger partial charge is 0.385 e. The van der Waals surface area contributed by atoms with Gasteiger partial charge in [0.1, 0.15) is 0 Å². The lowest BCUT2D eigenvalue weighted by Gasteiger charge is -2.27. The van der Waals surface area contributed by atoms with E-state index in [1.165, 1.54) is 12.1 Å². The van der Waals surface area contributed by atoms with Gasteiger partial charge in [-0.15, -0.1) is 0 Å². The van der Waals surface area contributed by atoms with Crippen LogP contribution in [-0.2, 0) is 4.79 Å². The van der Waals surface area contributed by atoms with Crippen molar-refractivity contribution in [2.75, 3.05) is 30.4 Å². The number of nitro benzene ring substituents is 1. The minimum Gasteiger partial charge on any atom is -0.385 e. The van der Waals surface area contributed by atoms with Crippen molar-refractivity contribution in [1.82, 2.24) is 5.32 Å². The number of benzene rings is 2. The molecule has 0 saturated carbocycles. The third-order valence-electron chi connectivity index (χ3n) is 4.41. The third-order valence-corrected chi connectivity index (χ3v) is 4.41. The number of amides is 1. The van der Waals surface area contributed by atoms with E-state index in [0.717, 1.165) is 11.4 Å². The second-order valence-electron chi connectivity index (χ2n) is 6.43. The molecule has 1 unspecified atom stereocenters. The average molecular weight is 370 g/mol. The molecule has 0 fully saturated rings. The Kier molecular flexibility index (Phi) is 7.61. The molecule has 2 rings (SSSR count). The normalized spacial score (nSPS) is 11.5. The first-order valence-electron chi connectivity index (χ1n) is 9.00. The number of non-ortho nitro benzene ring substituents is 1. The lowest BCUT2D eigenvalue weighted by molar-refractivity contribution is -0.384. The molecule has 0 aliphatic carbocycles. The first kappa shape index (κ1) is 20.2. The number of hydrogen-bond donors (Lipinski definition) is 2. The topological polar surface area (TPSA) is 87.5 Å². The number of carbonyl (C=O) groups is 1. The number of nitrogens with one attached hydrogen (secondary N) is 2. The maximum Gasteiger partial charge on any atom is 0.269 e. The summed E-state index contributed by atoms with van der Waals surface area (Å²) in [6.07, 6.45) is 1.12. The van der Waals surface area contributed by atoms with Crippen LogP contribution in [0.1, 0.15) is 19.8 Å². The summed E-state index contributed by atoms with van der Waals surface area (Å²) >= 11 is 0. The summed E-state index contributed by atoms with van der Waals surface area (Å²) in [5, 5.41) is 16.7. The van der Waals surface area contributed by atoms with E-state index in [0.29, 0.717) is 25.9 Å². The molecule has 0 heterocycles. The quantitative estimate of drug-likeness (QED) is 0.380. The van der Waals surface area contributed by atoms with Crippen molar-refractivity contribution >= 4 is 23.0 Å². The zero-order valence-electron chi connectivity index (χ0n) is 15.7. The molecule has 144 valence electrons. The minimum atomic E-state index is -0.426. The molecule has 2 aromatic carbocycles. The number of rotatable bonds is 10. The monoisotopic (exact) mass is 370 g/mol. The van der Waals surface area contributed by atoms with Crippen LogP contribution in [0.3, 0.4) is 0 Å². The molecule has 0 radical (unpaired) electrons. The van der Waals surface area contributed by atoms with Crippen molar-refractivity contribution in [2.45, 2.75) is 25.8 Å². The maximum atomic E-state index is 12.0. The minimum absolute atomic E-state index is 0.0220. The number of likely N-dealkylation sites (N-methyl/N-ethyl adjacent to an activating group) is 1. The fraction of sp³-hybridized carbons (Fsp3) is 0.350. The second kappa shape index (κ2) is 10.2. The zero-order chi connectivity index (χ0) is 19.6. The molecule has 0 aliphatic rings. The average Bonchev–Trinajstić information content (AvgIpc) is 2.69. The Labute approximate surface area is 159 Å². The van der Waals surface area contributed by atoms with E-state index in [1.807, 2.05) is 37.4 Å². The SMILES string of the molecule is CC(CNC(=O)CCCNc1ccc([N+](=O)[O-])cc1)N(C)c1ccccc1. The van der Waals surface area contributed by atoms with E-state index in [2.05, 4.69) is 22.5 Å². The van der Waals surface area contributed by atoms with Crippen LogP contribution in [0.5, 0.6) is 0 Å². The van der Waals surface area contributed by atoms with E-state index in [9.17, 15) is 14.9 Å². The molecule has 0 bridgehead atoms. The van der Waals surface area contributed by atoms with Crippen molar-refractivity contribution in [3.63, 3.8) is 0 Å². The van der Waals surface area contributed by atoms with Gasteiger partial charge in [-0.3, -0.25) is 14.9 Å². The predicted octanol–water partition coefficient (Wildman–Crippen LogP) is 3.43. The standard InChI is InChI=1S/C20H26N4O3/c1-16(23(2)18-7-4-3-5-8-18)15-22-20(25)9-6-14-21-17-10-12-19(13-11-17)24(26)27/h3-5,7-8,10-13,16,21H,6,9,14-15H2,1-2H3,(H,22,25). The van der Waals surface area contributed by atoms with Crippen molar-refractivity contribution in [3.8, 4) is 0 Å². The lowest BCUT2D eigenvalue weighted by Crippen LogP contribution is -2.40. The Morgan fingerprint density at radius 2 is 1.81 bits per heavy atom. The van der Waals surface area contributed by atoms with Crippen molar-refractivity contribution in [2.24, 2.45) is 0 Å². The first-order chi connectivity index (χ1) is 13.0. The van der Waals surface area contributed by atoms with Crippen LogP contribution < -0.4 is 15.5 Å². The molecule has 1 atom stereocenters. The molecule has 2 aromatic rings. The van der Waals surface area contributed by atoms with Crippen LogP contribution in [0.25, 0.3) is 0 Å². The molecule has 1 amide bonds. The van der Waals surface area contributed by atoms with E-state index >= 15 is 0 Å². The van der Waals surface area contributed by atoms with Gasteiger partial charge in [-0.2, -0.15) is 0 Å². The molecule has 0 aliphatic heterocycles. The maximum absolute atomic E-state index is 12.0. The highest BCUT2D eigenvalue weighted by Crippen LogP contribution is 2.15. The molecule has 2 N–H and O–H groups in total. The predicted molar refractivity (Wildman–Crippen MR) is 108 cm³/mol. The number of hydrogen-bond acceptors (Lipinski definition) is 5. The zero-order valence-corrected chi connectivity index (χ0v) is 15.7. The van der Waals surface area contributed by atoms with Gasteiger partial charge in [0.25, 0.3) is 5.69 Å². The third kappa shape index (κ3) is 6.62. The number of para-hydroxylation sites is 1. The van der Waals surface area contributed by atoms with Gasteiger partial charge < -0.3 is 15.5 Å². The summed E-state index contributed by atoms with van der Waals surface area (Å²) in [5.41, 5.74) is 1.99. The van der Waals surface area contributed by atoms with E-state index in [-0.39, 0.29) is 17.6 Å². The number of anilines is 2.